The standard InChI is InChI=1S/C19H24N4O3/c20-17(24)14-10-15(22-18(14)23-19(21)25)13-8-4-5-9-16(13)26-11-12-6-2-1-3-7-12/h4-5,8-10,12,22H,1-3,6-7,11H2,(H2,20,24)(H3,21,23,25). The largest absolute Gasteiger partial charge is 0.493 e. The van der Waals surface area contributed by atoms with E-state index in [-0.39, 0.29) is 11.4 Å². The molecule has 1 heterocycles. The van der Waals surface area contributed by atoms with Crippen LogP contribution >= 0.6 is 0 Å². The number of hydrogen-bond donors (Lipinski definition) is 4. The first-order chi connectivity index (χ1) is 12.5. The molecule has 1 aliphatic rings. The normalized spacial score (nSPS) is 14.8. The summed E-state index contributed by atoms with van der Waals surface area (Å²) in [7, 11) is 0. The van der Waals surface area contributed by atoms with Gasteiger partial charge in [-0.1, -0.05) is 31.4 Å². The quantitative estimate of drug-likeness (QED) is 0.635. The molecular weight excluding hydrogens is 332 g/mol. The zero-order valence-electron chi connectivity index (χ0n) is 14.6. The molecule has 3 amide bonds. The summed E-state index contributed by atoms with van der Waals surface area (Å²) in [6, 6.07) is 8.39. The van der Waals surface area contributed by atoms with E-state index in [1.165, 1.54) is 32.1 Å². The average molecular weight is 356 g/mol. The highest BCUT2D eigenvalue weighted by atomic mass is 16.5. The van der Waals surface area contributed by atoms with Gasteiger partial charge >= 0.3 is 6.03 Å². The second-order valence-corrected chi connectivity index (χ2v) is 6.64. The van der Waals surface area contributed by atoms with Gasteiger partial charge in [-0.15, -0.1) is 0 Å². The molecule has 1 fully saturated rings. The monoisotopic (exact) mass is 356 g/mol. The van der Waals surface area contributed by atoms with E-state index in [1.807, 2.05) is 24.3 Å². The Morgan fingerprint density at radius 3 is 2.58 bits per heavy atom. The van der Waals surface area contributed by atoms with E-state index in [1.54, 1.807) is 6.07 Å². The van der Waals surface area contributed by atoms with Gasteiger partial charge in [0.05, 0.1) is 17.9 Å². The van der Waals surface area contributed by atoms with E-state index in [2.05, 4.69) is 10.3 Å². The zero-order valence-corrected chi connectivity index (χ0v) is 14.6. The molecule has 0 saturated heterocycles. The first-order valence-electron chi connectivity index (χ1n) is 8.86. The number of primary amides is 2. The third-order valence-corrected chi connectivity index (χ3v) is 4.71. The van der Waals surface area contributed by atoms with Crippen LogP contribution in [-0.4, -0.2) is 23.5 Å². The van der Waals surface area contributed by atoms with Gasteiger partial charge in [0.15, 0.2) is 0 Å². The molecule has 0 unspecified atom stereocenters. The molecule has 7 heteroatoms. The van der Waals surface area contributed by atoms with Crippen molar-refractivity contribution in [1.29, 1.82) is 0 Å². The maximum absolute atomic E-state index is 11.6. The minimum absolute atomic E-state index is 0.167. The number of aromatic amines is 1. The first-order valence-corrected chi connectivity index (χ1v) is 8.86. The van der Waals surface area contributed by atoms with Crippen LogP contribution in [0.1, 0.15) is 42.5 Å². The van der Waals surface area contributed by atoms with Gasteiger partial charge in [0, 0.05) is 5.56 Å². The summed E-state index contributed by atoms with van der Waals surface area (Å²) in [5.41, 5.74) is 12.1. The van der Waals surface area contributed by atoms with Crippen LogP contribution in [0.15, 0.2) is 30.3 Å². The summed E-state index contributed by atoms with van der Waals surface area (Å²) >= 11 is 0. The average Bonchev–Trinajstić information content (AvgIpc) is 3.04. The molecule has 1 saturated carbocycles. The number of carbonyl (C=O) groups excluding carboxylic acids is 2. The van der Waals surface area contributed by atoms with Crippen LogP contribution in [0.25, 0.3) is 11.3 Å². The number of anilines is 1. The van der Waals surface area contributed by atoms with Crippen LogP contribution in [0.5, 0.6) is 5.75 Å². The van der Waals surface area contributed by atoms with Crippen molar-refractivity contribution in [2.45, 2.75) is 32.1 Å². The second-order valence-electron chi connectivity index (χ2n) is 6.64. The van der Waals surface area contributed by atoms with Crippen LogP contribution in [-0.2, 0) is 0 Å². The maximum atomic E-state index is 11.6. The second kappa shape index (κ2) is 7.95. The molecular formula is C19H24N4O3. The number of carbonyl (C=O) groups is 2. The topological polar surface area (TPSA) is 123 Å². The molecule has 0 bridgehead atoms. The SMILES string of the molecule is NC(=O)Nc1[nH]c(-c2ccccc2OCC2CCCCC2)cc1C(N)=O. The summed E-state index contributed by atoms with van der Waals surface area (Å²) in [5, 5.41) is 2.39. The van der Waals surface area contributed by atoms with Crippen LogP contribution < -0.4 is 21.5 Å². The molecule has 7 nitrogen and oxygen atoms in total. The number of aromatic nitrogens is 1. The molecule has 1 aliphatic carbocycles. The molecule has 1 aromatic carbocycles. The third-order valence-electron chi connectivity index (χ3n) is 4.71. The first kappa shape index (κ1) is 17.8. The lowest BCUT2D eigenvalue weighted by Gasteiger charge is -2.22. The zero-order chi connectivity index (χ0) is 18.5. The Morgan fingerprint density at radius 2 is 1.88 bits per heavy atom. The third kappa shape index (κ3) is 4.17. The van der Waals surface area contributed by atoms with Crippen molar-refractivity contribution in [2.75, 3.05) is 11.9 Å². The lowest BCUT2D eigenvalue weighted by Crippen LogP contribution is -2.22. The lowest BCUT2D eigenvalue weighted by atomic mass is 9.90. The molecule has 0 radical (unpaired) electrons. The van der Waals surface area contributed by atoms with E-state index in [4.69, 9.17) is 16.2 Å². The van der Waals surface area contributed by atoms with E-state index in [9.17, 15) is 9.59 Å². The fourth-order valence-corrected chi connectivity index (χ4v) is 3.39. The predicted molar refractivity (Wildman–Crippen MR) is 100 cm³/mol. The summed E-state index contributed by atoms with van der Waals surface area (Å²) in [6.07, 6.45) is 6.22. The van der Waals surface area contributed by atoms with Crippen molar-refractivity contribution < 1.29 is 14.3 Å². The van der Waals surface area contributed by atoms with E-state index in [0.29, 0.717) is 18.2 Å². The highest BCUT2D eigenvalue weighted by Gasteiger charge is 2.18. The fraction of sp³-hybridized carbons (Fsp3) is 0.368. The lowest BCUT2D eigenvalue weighted by molar-refractivity contribution is 0.100. The number of rotatable bonds is 6. The molecule has 138 valence electrons. The Bertz CT molecular complexity index is 794. The maximum Gasteiger partial charge on any atom is 0.317 e. The smallest absolute Gasteiger partial charge is 0.317 e. The minimum Gasteiger partial charge on any atom is -0.493 e. The fourth-order valence-electron chi connectivity index (χ4n) is 3.39. The highest BCUT2D eigenvalue weighted by molar-refractivity contribution is 6.03. The number of H-pyrrole nitrogens is 1. The molecule has 0 atom stereocenters. The highest BCUT2D eigenvalue weighted by Crippen LogP contribution is 2.33. The van der Waals surface area contributed by atoms with Crippen molar-refractivity contribution in [2.24, 2.45) is 17.4 Å². The van der Waals surface area contributed by atoms with Crippen molar-refractivity contribution in [3.05, 3.63) is 35.9 Å². The number of nitrogens with one attached hydrogen (secondary N) is 2. The molecule has 1 aromatic heterocycles. The number of ether oxygens (including phenoxy) is 1. The van der Waals surface area contributed by atoms with Gasteiger partial charge in [-0.3, -0.25) is 10.1 Å². The molecule has 6 N–H and O–H groups in total. The van der Waals surface area contributed by atoms with Crippen LogP contribution in [0.4, 0.5) is 10.6 Å². The Labute approximate surface area is 152 Å². The number of urea groups is 1. The molecule has 0 spiro atoms. The van der Waals surface area contributed by atoms with Gasteiger partial charge in [0.1, 0.15) is 11.6 Å². The van der Waals surface area contributed by atoms with Crippen molar-refractivity contribution in [1.82, 2.24) is 4.98 Å². The number of hydrogen-bond acceptors (Lipinski definition) is 3. The molecule has 2 aromatic rings. The summed E-state index contributed by atoms with van der Waals surface area (Å²) < 4.78 is 6.07. The number of nitrogens with two attached hydrogens (primary N) is 2. The van der Waals surface area contributed by atoms with Crippen LogP contribution in [0, 0.1) is 5.92 Å². The summed E-state index contributed by atoms with van der Waals surface area (Å²) in [6.45, 7) is 0.673. The summed E-state index contributed by atoms with van der Waals surface area (Å²) in [5.74, 6) is 0.827. The Kier molecular flexibility index (Phi) is 5.46. The Hall–Kier alpha value is -2.96. The van der Waals surface area contributed by atoms with Crippen LogP contribution in [0.3, 0.4) is 0 Å². The van der Waals surface area contributed by atoms with Crippen molar-refractivity contribution in [3.8, 4) is 17.0 Å². The number of amides is 3. The molecule has 0 aliphatic heterocycles. The van der Waals surface area contributed by atoms with Crippen LogP contribution in [0.2, 0.25) is 0 Å². The van der Waals surface area contributed by atoms with Crippen molar-refractivity contribution >= 4 is 17.8 Å². The van der Waals surface area contributed by atoms with Gasteiger partial charge in [-0.2, -0.15) is 0 Å². The minimum atomic E-state index is -0.775. The predicted octanol–water partition coefficient (Wildman–Crippen LogP) is 3.23. The molecule has 3 rings (SSSR count). The van der Waals surface area contributed by atoms with E-state index >= 15 is 0 Å². The number of para-hydroxylation sites is 1. The van der Waals surface area contributed by atoms with Gasteiger partial charge in [-0.25, -0.2) is 4.79 Å². The van der Waals surface area contributed by atoms with Crippen molar-refractivity contribution in [3.63, 3.8) is 0 Å². The summed E-state index contributed by atoms with van der Waals surface area (Å²) in [4.78, 5) is 25.8. The van der Waals surface area contributed by atoms with Gasteiger partial charge in [0.2, 0.25) is 0 Å². The van der Waals surface area contributed by atoms with Gasteiger partial charge in [0.25, 0.3) is 5.91 Å². The van der Waals surface area contributed by atoms with E-state index < -0.39 is 11.9 Å². The Balaban J connectivity index is 1.84. The van der Waals surface area contributed by atoms with E-state index in [0.717, 1.165) is 11.3 Å². The van der Waals surface area contributed by atoms with Gasteiger partial charge in [-0.05, 0) is 37.0 Å². The molecule has 26 heavy (non-hydrogen) atoms. The van der Waals surface area contributed by atoms with Gasteiger partial charge < -0.3 is 21.2 Å². The Morgan fingerprint density at radius 1 is 1.15 bits per heavy atom. The number of benzene rings is 1.